The lowest BCUT2D eigenvalue weighted by Crippen LogP contribution is -2.44. The predicted octanol–water partition coefficient (Wildman–Crippen LogP) is 1.80. The molecule has 1 saturated heterocycles. The highest BCUT2D eigenvalue weighted by atomic mass is 79.9. The minimum atomic E-state index is -0.328. The van der Waals surface area contributed by atoms with Gasteiger partial charge in [0.1, 0.15) is 6.04 Å². The molecule has 0 saturated carbocycles. The fraction of sp³-hybridized carbons (Fsp3) is 0.385. The molecule has 0 unspecified atom stereocenters. The SMILES string of the molecule is CNC(=O)[C@@H]1CCCN1C(=O)c1ccc(Br)cc1. The van der Waals surface area contributed by atoms with Gasteiger partial charge in [-0.05, 0) is 37.1 Å². The second kappa shape index (κ2) is 5.52. The van der Waals surface area contributed by atoms with Gasteiger partial charge in [0, 0.05) is 23.6 Å². The maximum Gasteiger partial charge on any atom is 0.254 e. The standard InChI is InChI=1S/C13H15BrN2O2/c1-15-12(17)11-3-2-8-16(11)13(18)9-4-6-10(14)7-5-9/h4-7,11H,2-3,8H2,1H3,(H,15,17)/t11-/m0/s1. The molecule has 1 aromatic carbocycles. The van der Waals surface area contributed by atoms with E-state index in [2.05, 4.69) is 21.2 Å². The number of nitrogens with one attached hydrogen (secondary N) is 1. The molecule has 0 aliphatic carbocycles. The molecule has 2 amide bonds. The van der Waals surface area contributed by atoms with Crippen molar-refractivity contribution in [1.29, 1.82) is 0 Å². The van der Waals surface area contributed by atoms with Crippen LogP contribution in [0.15, 0.2) is 28.7 Å². The van der Waals surface area contributed by atoms with E-state index in [1.807, 2.05) is 12.1 Å². The molecule has 1 aliphatic rings. The molecule has 5 heteroatoms. The van der Waals surface area contributed by atoms with Crippen LogP contribution < -0.4 is 5.32 Å². The number of likely N-dealkylation sites (tertiary alicyclic amines) is 1. The van der Waals surface area contributed by atoms with Crippen LogP contribution in [0.5, 0.6) is 0 Å². The van der Waals surface area contributed by atoms with Gasteiger partial charge in [0.15, 0.2) is 0 Å². The van der Waals surface area contributed by atoms with Crippen molar-refractivity contribution >= 4 is 27.7 Å². The van der Waals surface area contributed by atoms with Gasteiger partial charge in [-0.1, -0.05) is 15.9 Å². The third-order valence-electron chi connectivity index (χ3n) is 3.15. The highest BCUT2D eigenvalue weighted by Gasteiger charge is 2.33. The van der Waals surface area contributed by atoms with Crippen molar-refractivity contribution in [3.8, 4) is 0 Å². The summed E-state index contributed by atoms with van der Waals surface area (Å²) >= 11 is 3.34. The first kappa shape index (κ1) is 13.1. The largest absolute Gasteiger partial charge is 0.357 e. The second-order valence-corrected chi connectivity index (χ2v) is 5.19. The number of hydrogen-bond donors (Lipinski definition) is 1. The van der Waals surface area contributed by atoms with Crippen molar-refractivity contribution in [3.05, 3.63) is 34.3 Å². The molecule has 0 aromatic heterocycles. The van der Waals surface area contributed by atoms with Crippen molar-refractivity contribution in [2.75, 3.05) is 13.6 Å². The van der Waals surface area contributed by atoms with Crippen LogP contribution in [0.3, 0.4) is 0 Å². The summed E-state index contributed by atoms with van der Waals surface area (Å²) in [5.74, 6) is -0.161. The molecule has 2 rings (SSSR count). The molecular formula is C13H15BrN2O2. The van der Waals surface area contributed by atoms with E-state index >= 15 is 0 Å². The lowest BCUT2D eigenvalue weighted by molar-refractivity contribution is -0.124. The van der Waals surface area contributed by atoms with Gasteiger partial charge < -0.3 is 10.2 Å². The average molecular weight is 311 g/mol. The molecule has 1 N–H and O–H groups in total. The maximum atomic E-state index is 12.3. The fourth-order valence-electron chi connectivity index (χ4n) is 2.21. The molecule has 0 spiro atoms. The summed E-state index contributed by atoms with van der Waals surface area (Å²) in [6.45, 7) is 0.646. The van der Waals surface area contributed by atoms with Gasteiger partial charge in [0.2, 0.25) is 5.91 Å². The Kier molecular flexibility index (Phi) is 4.01. The molecular weight excluding hydrogens is 296 g/mol. The summed E-state index contributed by atoms with van der Waals surface area (Å²) in [5.41, 5.74) is 0.619. The van der Waals surface area contributed by atoms with Gasteiger partial charge in [-0.25, -0.2) is 0 Å². The molecule has 1 aliphatic heterocycles. The van der Waals surface area contributed by atoms with Crippen LogP contribution in [-0.2, 0) is 4.79 Å². The van der Waals surface area contributed by atoms with Crippen LogP contribution in [0.25, 0.3) is 0 Å². The van der Waals surface area contributed by atoms with E-state index in [0.29, 0.717) is 12.1 Å². The Morgan fingerprint density at radius 3 is 2.61 bits per heavy atom. The topological polar surface area (TPSA) is 49.4 Å². The van der Waals surface area contributed by atoms with Crippen LogP contribution in [-0.4, -0.2) is 36.3 Å². The Morgan fingerprint density at radius 2 is 2.00 bits per heavy atom. The summed E-state index contributed by atoms with van der Waals surface area (Å²) in [4.78, 5) is 25.7. The van der Waals surface area contributed by atoms with Crippen LogP contribution in [0.1, 0.15) is 23.2 Å². The first-order chi connectivity index (χ1) is 8.63. The lowest BCUT2D eigenvalue weighted by Gasteiger charge is -2.23. The van der Waals surface area contributed by atoms with E-state index < -0.39 is 0 Å². The fourth-order valence-corrected chi connectivity index (χ4v) is 2.47. The molecule has 0 bridgehead atoms. The Hall–Kier alpha value is -1.36. The molecule has 4 nitrogen and oxygen atoms in total. The van der Waals surface area contributed by atoms with E-state index in [9.17, 15) is 9.59 Å². The van der Waals surface area contributed by atoms with Gasteiger partial charge in [-0.2, -0.15) is 0 Å². The Bertz CT molecular complexity index is 459. The van der Waals surface area contributed by atoms with Gasteiger partial charge in [-0.3, -0.25) is 9.59 Å². The molecule has 0 radical (unpaired) electrons. The van der Waals surface area contributed by atoms with Gasteiger partial charge in [-0.15, -0.1) is 0 Å². The van der Waals surface area contributed by atoms with Gasteiger partial charge >= 0.3 is 0 Å². The monoisotopic (exact) mass is 310 g/mol. The smallest absolute Gasteiger partial charge is 0.254 e. The van der Waals surface area contributed by atoms with E-state index in [1.54, 1.807) is 24.1 Å². The van der Waals surface area contributed by atoms with Crippen molar-refractivity contribution in [2.45, 2.75) is 18.9 Å². The summed E-state index contributed by atoms with van der Waals surface area (Å²) in [6.07, 6.45) is 1.61. The molecule has 1 aromatic rings. The van der Waals surface area contributed by atoms with E-state index in [0.717, 1.165) is 17.3 Å². The van der Waals surface area contributed by atoms with E-state index in [4.69, 9.17) is 0 Å². The minimum absolute atomic E-state index is 0.0754. The summed E-state index contributed by atoms with van der Waals surface area (Å²) in [5, 5.41) is 2.61. The second-order valence-electron chi connectivity index (χ2n) is 4.28. The first-order valence-corrected chi connectivity index (χ1v) is 6.71. The number of hydrogen-bond acceptors (Lipinski definition) is 2. The number of amides is 2. The van der Waals surface area contributed by atoms with Crippen LogP contribution in [0.2, 0.25) is 0 Å². The van der Waals surface area contributed by atoms with Crippen molar-refractivity contribution in [1.82, 2.24) is 10.2 Å². The zero-order valence-corrected chi connectivity index (χ0v) is 11.7. The maximum absolute atomic E-state index is 12.3. The number of carbonyl (C=O) groups is 2. The van der Waals surface area contributed by atoms with E-state index in [-0.39, 0.29) is 17.9 Å². The average Bonchev–Trinajstić information content (AvgIpc) is 2.87. The highest BCUT2D eigenvalue weighted by Crippen LogP contribution is 2.21. The number of nitrogens with zero attached hydrogens (tertiary/aromatic N) is 1. The molecule has 1 atom stereocenters. The number of likely N-dealkylation sites (N-methyl/N-ethyl adjacent to an activating group) is 1. The zero-order valence-electron chi connectivity index (χ0n) is 10.1. The molecule has 96 valence electrons. The van der Waals surface area contributed by atoms with Gasteiger partial charge in [0.25, 0.3) is 5.91 Å². The number of carbonyl (C=O) groups excluding carboxylic acids is 2. The zero-order chi connectivity index (χ0) is 13.1. The Balaban J connectivity index is 2.17. The normalized spacial score (nSPS) is 18.8. The Labute approximate surface area is 114 Å². The van der Waals surface area contributed by atoms with Crippen molar-refractivity contribution < 1.29 is 9.59 Å². The van der Waals surface area contributed by atoms with Crippen molar-refractivity contribution in [3.63, 3.8) is 0 Å². The highest BCUT2D eigenvalue weighted by molar-refractivity contribution is 9.10. The summed E-state index contributed by atoms with van der Waals surface area (Å²) < 4.78 is 0.934. The third-order valence-corrected chi connectivity index (χ3v) is 3.68. The molecule has 18 heavy (non-hydrogen) atoms. The Morgan fingerprint density at radius 1 is 1.33 bits per heavy atom. The van der Waals surface area contributed by atoms with Crippen LogP contribution in [0.4, 0.5) is 0 Å². The van der Waals surface area contributed by atoms with Crippen LogP contribution >= 0.6 is 15.9 Å². The predicted molar refractivity (Wildman–Crippen MR) is 72.3 cm³/mol. The lowest BCUT2D eigenvalue weighted by atomic mass is 10.1. The minimum Gasteiger partial charge on any atom is -0.357 e. The number of benzene rings is 1. The van der Waals surface area contributed by atoms with Crippen molar-refractivity contribution in [2.24, 2.45) is 0 Å². The number of rotatable bonds is 2. The first-order valence-electron chi connectivity index (χ1n) is 5.91. The molecule has 1 fully saturated rings. The quantitative estimate of drug-likeness (QED) is 0.905. The van der Waals surface area contributed by atoms with E-state index in [1.165, 1.54) is 0 Å². The summed E-state index contributed by atoms with van der Waals surface area (Å²) in [6, 6.07) is 6.87. The molecule has 1 heterocycles. The van der Waals surface area contributed by atoms with Crippen LogP contribution in [0, 0.1) is 0 Å². The van der Waals surface area contributed by atoms with Gasteiger partial charge in [0.05, 0.1) is 0 Å². The number of halogens is 1. The third kappa shape index (κ3) is 2.56. The summed E-state index contributed by atoms with van der Waals surface area (Å²) in [7, 11) is 1.60.